The number of hydrogen-bond acceptors (Lipinski definition) is 6. The average Bonchev–Trinajstić information content (AvgIpc) is 3.32. The summed E-state index contributed by atoms with van der Waals surface area (Å²) >= 11 is 0. The molecule has 0 unspecified atom stereocenters. The summed E-state index contributed by atoms with van der Waals surface area (Å²) in [6.45, 7) is 1.15. The van der Waals surface area contributed by atoms with Crippen LogP contribution in [0.4, 0.5) is 17.6 Å². The second-order valence-corrected chi connectivity index (χ2v) is 8.61. The van der Waals surface area contributed by atoms with E-state index in [-0.39, 0.29) is 40.6 Å². The van der Waals surface area contributed by atoms with Gasteiger partial charge in [0, 0.05) is 37.9 Å². The number of nitrogens with one attached hydrogen (secondary N) is 3. The van der Waals surface area contributed by atoms with E-state index in [2.05, 4.69) is 31.0 Å². The van der Waals surface area contributed by atoms with Gasteiger partial charge in [0.2, 0.25) is 17.7 Å². The molecule has 0 spiro atoms. The van der Waals surface area contributed by atoms with E-state index in [0.29, 0.717) is 29.7 Å². The number of amides is 1. The molecule has 0 radical (unpaired) electrons. The first-order valence-corrected chi connectivity index (χ1v) is 12.3. The summed E-state index contributed by atoms with van der Waals surface area (Å²) in [6, 6.07) is 15.8. The van der Waals surface area contributed by atoms with Crippen LogP contribution < -0.4 is 15.4 Å². The molecule has 0 atom stereocenters. The first-order valence-electron chi connectivity index (χ1n) is 12.3. The molecule has 4 rings (SSSR count). The Labute approximate surface area is 227 Å². The SMILES string of the molecule is CNC(=O)/C=C/CNCCOc1ccc(/C(=C(/CC(F)(F)F)c2ccccc2)c2ccc3n[nH]c(F)c3c2)nn1. The minimum Gasteiger partial charge on any atom is -0.475 e. The molecule has 1 amide bonds. The third kappa shape index (κ3) is 7.50. The lowest BCUT2D eigenvalue weighted by atomic mass is 9.89. The lowest BCUT2D eigenvalue weighted by molar-refractivity contribution is -0.123. The second kappa shape index (κ2) is 13.0. The smallest absolute Gasteiger partial charge is 0.393 e. The zero-order chi connectivity index (χ0) is 28.5. The second-order valence-electron chi connectivity index (χ2n) is 8.61. The van der Waals surface area contributed by atoms with Crippen LogP contribution in [0.15, 0.2) is 72.8 Å². The number of rotatable bonds is 11. The molecule has 0 fully saturated rings. The average molecular weight is 555 g/mol. The first-order chi connectivity index (χ1) is 19.2. The van der Waals surface area contributed by atoms with Crippen LogP contribution in [-0.2, 0) is 4.79 Å². The molecule has 0 aliphatic heterocycles. The third-order valence-corrected chi connectivity index (χ3v) is 5.80. The van der Waals surface area contributed by atoms with Crippen LogP contribution in [0.3, 0.4) is 0 Å². The van der Waals surface area contributed by atoms with Gasteiger partial charge in [-0.3, -0.25) is 9.89 Å². The van der Waals surface area contributed by atoms with Crippen molar-refractivity contribution in [3.05, 3.63) is 95.6 Å². The maximum absolute atomic E-state index is 14.3. The quantitative estimate of drug-likeness (QED) is 0.108. The number of nitrogens with zero attached hydrogens (tertiary/aromatic N) is 3. The number of carbonyl (C=O) groups is 1. The number of allylic oxidation sites excluding steroid dienone is 1. The van der Waals surface area contributed by atoms with Gasteiger partial charge in [-0.2, -0.15) is 22.7 Å². The van der Waals surface area contributed by atoms with Gasteiger partial charge in [0.15, 0.2) is 0 Å². The van der Waals surface area contributed by atoms with Gasteiger partial charge < -0.3 is 15.4 Å². The number of benzene rings is 2. The minimum absolute atomic E-state index is 0.0340. The molecule has 3 N–H and O–H groups in total. The van der Waals surface area contributed by atoms with Crippen LogP contribution in [0, 0.1) is 5.95 Å². The van der Waals surface area contributed by atoms with Gasteiger partial charge in [-0.15, -0.1) is 10.2 Å². The number of fused-ring (bicyclic) bond motifs is 1. The minimum atomic E-state index is -4.53. The Morgan fingerprint density at radius 1 is 1.05 bits per heavy atom. The molecule has 208 valence electrons. The van der Waals surface area contributed by atoms with Crippen LogP contribution >= 0.6 is 0 Å². The molecule has 0 saturated heterocycles. The van der Waals surface area contributed by atoms with Crippen LogP contribution in [0.1, 0.15) is 23.2 Å². The Morgan fingerprint density at radius 2 is 1.85 bits per heavy atom. The molecule has 2 aromatic heterocycles. The summed E-state index contributed by atoms with van der Waals surface area (Å²) in [6.07, 6.45) is -2.69. The Kier molecular flexibility index (Phi) is 9.23. The molecule has 0 saturated carbocycles. The summed E-state index contributed by atoms with van der Waals surface area (Å²) in [4.78, 5) is 11.2. The van der Waals surface area contributed by atoms with E-state index >= 15 is 0 Å². The Bertz CT molecular complexity index is 1500. The molecule has 0 aliphatic rings. The number of ether oxygens (including phenoxy) is 1. The van der Waals surface area contributed by atoms with Gasteiger partial charge in [-0.25, -0.2) is 0 Å². The summed E-state index contributed by atoms with van der Waals surface area (Å²) in [5.41, 5.74) is 1.30. The molecular formula is C28H26F4N6O2. The summed E-state index contributed by atoms with van der Waals surface area (Å²) in [5, 5.41) is 20.0. The molecule has 0 bridgehead atoms. The van der Waals surface area contributed by atoms with E-state index in [9.17, 15) is 22.4 Å². The number of H-pyrrole nitrogens is 1. The number of aromatic amines is 1. The van der Waals surface area contributed by atoms with Gasteiger partial charge in [-0.05, 0) is 34.9 Å². The monoisotopic (exact) mass is 554 g/mol. The first kappa shape index (κ1) is 28.4. The van der Waals surface area contributed by atoms with Crippen molar-refractivity contribution in [2.75, 3.05) is 26.7 Å². The molecule has 40 heavy (non-hydrogen) atoms. The normalized spacial score (nSPS) is 12.5. The number of halogens is 4. The molecule has 0 aliphatic carbocycles. The summed E-state index contributed by atoms with van der Waals surface area (Å²) in [7, 11) is 1.54. The summed E-state index contributed by atoms with van der Waals surface area (Å²) < 4.78 is 61.4. The highest BCUT2D eigenvalue weighted by atomic mass is 19.4. The zero-order valence-corrected chi connectivity index (χ0v) is 21.4. The lowest BCUT2D eigenvalue weighted by Crippen LogP contribution is -2.22. The van der Waals surface area contributed by atoms with Gasteiger partial charge in [0.1, 0.15) is 6.61 Å². The van der Waals surface area contributed by atoms with E-state index in [4.69, 9.17) is 4.74 Å². The Hall–Kier alpha value is -4.58. The number of alkyl halides is 3. The van der Waals surface area contributed by atoms with E-state index < -0.39 is 18.5 Å². The number of aromatic nitrogens is 4. The fourth-order valence-corrected chi connectivity index (χ4v) is 3.98. The van der Waals surface area contributed by atoms with Crippen LogP contribution in [0.2, 0.25) is 0 Å². The summed E-state index contributed by atoms with van der Waals surface area (Å²) in [5.74, 6) is -0.720. The van der Waals surface area contributed by atoms with Gasteiger partial charge in [0.05, 0.1) is 23.0 Å². The van der Waals surface area contributed by atoms with Crippen molar-refractivity contribution in [2.24, 2.45) is 0 Å². The van der Waals surface area contributed by atoms with E-state index in [0.717, 1.165) is 0 Å². The van der Waals surface area contributed by atoms with Crippen molar-refractivity contribution >= 4 is 28.0 Å². The largest absolute Gasteiger partial charge is 0.475 e. The van der Waals surface area contributed by atoms with E-state index in [1.807, 2.05) is 0 Å². The highest BCUT2D eigenvalue weighted by Crippen LogP contribution is 2.39. The predicted molar refractivity (Wildman–Crippen MR) is 143 cm³/mol. The molecule has 12 heteroatoms. The van der Waals surface area contributed by atoms with E-state index in [1.54, 1.807) is 42.5 Å². The number of hydrogen-bond donors (Lipinski definition) is 3. The lowest BCUT2D eigenvalue weighted by Gasteiger charge is -2.18. The topological polar surface area (TPSA) is 105 Å². The van der Waals surface area contributed by atoms with Gasteiger partial charge >= 0.3 is 6.18 Å². The van der Waals surface area contributed by atoms with Crippen LogP contribution in [0.25, 0.3) is 22.0 Å². The van der Waals surface area contributed by atoms with Crippen molar-refractivity contribution < 1.29 is 27.1 Å². The van der Waals surface area contributed by atoms with Crippen molar-refractivity contribution in [1.29, 1.82) is 0 Å². The van der Waals surface area contributed by atoms with Crippen molar-refractivity contribution in [1.82, 2.24) is 31.0 Å². The number of likely N-dealkylation sites (N-methyl/N-ethyl adjacent to an activating group) is 1. The van der Waals surface area contributed by atoms with Crippen LogP contribution in [-0.4, -0.2) is 59.2 Å². The van der Waals surface area contributed by atoms with Gasteiger partial charge in [0.25, 0.3) is 0 Å². The number of carbonyl (C=O) groups excluding carboxylic acids is 1. The fraction of sp³-hybridized carbons (Fsp3) is 0.214. The van der Waals surface area contributed by atoms with Gasteiger partial charge in [-0.1, -0.05) is 42.5 Å². The predicted octanol–water partition coefficient (Wildman–Crippen LogP) is 4.67. The van der Waals surface area contributed by atoms with Crippen molar-refractivity contribution in [2.45, 2.75) is 12.6 Å². The van der Waals surface area contributed by atoms with Crippen molar-refractivity contribution in [3.63, 3.8) is 0 Å². The Morgan fingerprint density at radius 3 is 2.55 bits per heavy atom. The maximum atomic E-state index is 14.3. The molecule has 8 nitrogen and oxygen atoms in total. The zero-order valence-electron chi connectivity index (χ0n) is 21.4. The Balaban J connectivity index is 1.64. The highest BCUT2D eigenvalue weighted by Gasteiger charge is 2.32. The van der Waals surface area contributed by atoms with E-state index in [1.165, 1.54) is 37.4 Å². The van der Waals surface area contributed by atoms with Crippen molar-refractivity contribution in [3.8, 4) is 5.88 Å². The molecular weight excluding hydrogens is 528 g/mol. The van der Waals surface area contributed by atoms with Crippen LogP contribution in [0.5, 0.6) is 5.88 Å². The molecule has 2 heterocycles. The highest BCUT2D eigenvalue weighted by molar-refractivity contribution is 5.99. The standard InChI is InChI=1S/C28H26F4N6O2/c1-33-24(39)8-5-13-34-14-15-40-25-12-11-23(36-37-25)26(19-9-10-22-20(16-19)27(29)38-35-22)21(17-28(30,31)32)18-6-3-2-4-7-18/h2-12,16,34H,13-15,17H2,1H3,(H,33,39)(H,35,38)/b8-5+,26-21-. The molecule has 4 aromatic rings. The maximum Gasteiger partial charge on any atom is 0.393 e. The third-order valence-electron chi connectivity index (χ3n) is 5.80. The fourth-order valence-electron chi connectivity index (χ4n) is 3.98. The molecule has 2 aromatic carbocycles.